The maximum Gasteiger partial charge on any atom is 0.321 e. The van der Waals surface area contributed by atoms with Crippen molar-refractivity contribution in [3.8, 4) is 0 Å². The smallest absolute Gasteiger partial charge is 0.321 e. The standard InChI is InChI=1S/C15H18FN3O5S/c1-9(14(22)24-7-12(20)19-15(23)17-2)25-8-13(21)18-11-5-3-10(16)4-6-11/h3-6,9H,7-8H2,1-2H3,(H,18,21)(H2,17,19,20,23)/t9-/m1/s1. The van der Waals surface area contributed by atoms with Gasteiger partial charge >= 0.3 is 12.0 Å². The normalized spacial score (nSPS) is 11.2. The van der Waals surface area contributed by atoms with Gasteiger partial charge in [-0.05, 0) is 31.2 Å². The minimum Gasteiger partial charge on any atom is -0.455 e. The number of benzene rings is 1. The summed E-state index contributed by atoms with van der Waals surface area (Å²) in [7, 11) is 1.34. The summed E-state index contributed by atoms with van der Waals surface area (Å²) in [6.45, 7) is 0.924. The van der Waals surface area contributed by atoms with Crippen LogP contribution in [0, 0.1) is 5.82 Å². The van der Waals surface area contributed by atoms with E-state index in [2.05, 4.69) is 10.6 Å². The highest BCUT2D eigenvalue weighted by atomic mass is 32.2. The first kappa shape index (κ1) is 20.4. The summed E-state index contributed by atoms with van der Waals surface area (Å²) in [6, 6.07) is 4.56. The van der Waals surface area contributed by atoms with Gasteiger partial charge in [-0.1, -0.05) is 0 Å². The van der Waals surface area contributed by atoms with Gasteiger partial charge in [0.15, 0.2) is 6.61 Å². The maximum absolute atomic E-state index is 12.8. The van der Waals surface area contributed by atoms with Crippen LogP contribution in [0.25, 0.3) is 0 Å². The van der Waals surface area contributed by atoms with E-state index in [0.29, 0.717) is 5.69 Å². The van der Waals surface area contributed by atoms with E-state index in [4.69, 9.17) is 4.74 Å². The summed E-state index contributed by atoms with van der Waals surface area (Å²) in [6.07, 6.45) is 0. The van der Waals surface area contributed by atoms with E-state index in [0.717, 1.165) is 11.8 Å². The number of hydrogen-bond donors (Lipinski definition) is 3. The Morgan fingerprint density at radius 3 is 2.40 bits per heavy atom. The molecule has 1 rings (SSSR count). The molecule has 0 bridgehead atoms. The Morgan fingerprint density at radius 1 is 1.16 bits per heavy atom. The lowest BCUT2D eigenvalue weighted by atomic mass is 10.3. The zero-order valence-electron chi connectivity index (χ0n) is 13.6. The van der Waals surface area contributed by atoms with Gasteiger partial charge in [0.05, 0.1) is 5.75 Å². The van der Waals surface area contributed by atoms with E-state index < -0.39 is 35.6 Å². The average molecular weight is 371 g/mol. The molecule has 0 aromatic heterocycles. The molecule has 1 atom stereocenters. The number of amides is 4. The van der Waals surface area contributed by atoms with Crippen molar-refractivity contribution >= 4 is 41.3 Å². The van der Waals surface area contributed by atoms with Crippen LogP contribution in [0.15, 0.2) is 24.3 Å². The zero-order valence-corrected chi connectivity index (χ0v) is 14.4. The van der Waals surface area contributed by atoms with Gasteiger partial charge < -0.3 is 15.4 Å². The molecule has 8 nitrogen and oxygen atoms in total. The Morgan fingerprint density at radius 2 is 1.80 bits per heavy atom. The Balaban J connectivity index is 2.30. The van der Waals surface area contributed by atoms with Crippen molar-refractivity contribution in [1.82, 2.24) is 10.6 Å². The van der Waals surface area contributed by atoms with Crippen LogP contribution in [-0.2, 0) is 19.1 Å². The first-order valence-corrected chi connectivity index (χ1v) is 8.22. The number of nitrogens with one attached hydrogen (secondary N) is 3. The SMILES string of the molecule is CNC(=O)NC(=O)COC(=O)[C@@H](C)SCC(=O)Nc1ccc(F)cc1. The molecule has 136 valence electrons. The van der Waals surface area contributed by atoms with Crippen molar-refractivity contribution in [2.75, 3.05) is 24.7 Å². The summed E-state index contributed by atoms with van der Waals surface area (Å²) >= 11 is 1.01. The average Bonchev–Trinajstić information content (AvgIpc) is 2.59. The predicted molar refractivity (Wildman–Crippen MR) is 90.5 cm³/mol. The molecule has 1 aromatic carbocycles. The summed E-state index contributed by atoms with van der Waals surface area (Å²) in [4.78, 5) is 45.7. The lowest BCUT2D eigenvalue weighted by molar-refractivity contribution is -0.147. The summed E-state index contributed by atoms with van der Waals surface area (Å²) in [5.41, 5.74) is 0.438. The lowest BCUT2D eigenvalue weighted by Crippen LogP contribution is -2.40. The fourth-order valence-corrected chi connectivity index (χ4v) is 2.16. The van der Waals surface area contributed by atoms with Gasteiger partial charge in [-0.2, -0.15) is 0 Å². The molecule has 0 spiro atoms. The Bertz CT molecular complexity index is 639. The second-order valence-electron chi connectivity index (χ2n) is 4.74. The van der Waals surface area contributed by atoms with E-state index in [1.807, 2.05) is 5.32 Å². The van der Waals surface area contributed by atoms with E-state index in [1.165, 1.54) is 38.2 Å². The molecule has 25 heavy (non-hydrogen) atoms. The van der Waals surface area contributed by atoms with Crippen LogP contribution in [0.1, 0.15) is 6.92 Å². The third-order valence-corrected chi connectivity index (χ3v) is 3.87. The summed E-state index contributed by atoms with van der Waals surface area (Å²) < 4.78 is 17.5. The molecular formula is C15H18FN3O5S. The largest absolute Gasteiger partial charge is 0.455 e. The molecule has 0 aliphatic heterocycles. The predicted octanol–water partition coefficient (Wildman–Crippen LogP) is 0.885. The number of ether oxygens (including phenoxy) is 1. The van der Waals surface area contributed by atoms with Crippen LogP contribution < -0.4 is 16.0 Å². The molecule has 0 fully saturated rings. The number of rotatable bonds is 7. The number of urea groups is 1. The van der Waals surface area contributed by atoms with E-state index in [-0.39, 0.29) is 11.7 Å². The number of esters is 1. The number of halogens is 1. The van der Waals surface area contributed by atoms with Gasteiger partial charge in [-0.15, -0.1) is 11.8 Å². The van der Waals surface area contributed by atoms with Crippen LogP contribution in [-0.4, -0.2) is 48.5 Å². The molecule has 0 saturated carbocycles. The van der Waals surface area contributed by atoms with Gasteiger partial charge in [-0.3, -0.25) is 19.7 Å². The van der Waals surface area contributed by atoms with Crippen LogP contribution >= 0.6 is 11.8 Å². The number of hydrogen-bond acceptors (Lipinski definition) is 6. The van der Waals surface area contributed by atoms with E-state index in [9.17, 15) is 23.6 Å². The highest BCUT2D eigenvalue weighted by Gasteiger charge is 2.18. The molecule has 0 unspecified atom stereocenters. The lowest BCUT2D eigenvalue weighted by Gasteiger charge is -2.11. The third-order valence-electron chi connectivity index (χ3n) is 2.75. The molecular weight excluding hydrogens is 353 g/mol. The Labute approximate surface area is 147 Å². The first-order chi connectivity index (χ1) is 11.8. The Kier molecular flexibility index (Phi) is 8.40. The van der Waals surface area contributed by atoms with Gasteiger partial charge in [0, 0.05) is 12.7 Å². The van der Waals surface area contributed by atoms with Crippen LogP contribution in [0.4, 0.5) is 14.9 Å². The first-order valence-electron chi connectivity index (χ1n) is 7.17. The summed E-state index contributed by atoms with van der Waals surface area (Å²) in [5.74, 6) is -2.26. The molecule has 3 N–H and O–H groups in total. The second-order valence-corrected chi connectivity index (χ2v) is 6.07. The second kappa shape index (κ2) is 10.3. The van der Waals surface area contributed by atoms with Gasteiger partial charge in [-0.25, -0.2) is 9.18 Å². The zero-order chi connectivity index (χ0) is 18.8. The molecule has 1 aromatic rings. The fourth-order valence-electron chi connectivity index (χ4n) is 1.48. The Hall–Kier alpha value is -2.62. The number of thioether (sulfide) groups is 1. The maximum atomic E-state index is 12.8. The van der Waals surface area contributed by atoms with Crippen LogP contribution in [0.3, 0.4) is 0 Å². The van der Waals surface area contributed by atoms with Crippen molar-refractivity contribution in [2.24, 2.45) is 0 Å². The minimum absolute atomic E-state index is 0.0297. The quantitative estimate of drug-likeness (QED) is 0.614. The van der Waals surface area contributed by atoms with Gasteiger partial charge in [0.1, 0.15) is 11.1 Å². The molecule has 0 aliphatic rings. The number of carbonyl (C=O) groups is 4. The molecule has 0 saturated heterocycles. The van der Waals surface area contributed by atoms with E-state index in [1.54, 1.807) is 0 Å². The van der Waals surface area contributed by atoms with Gasteiger partial charge in [0.2, 0.25) is 5.91 Å². The summed E-state index contributed by atoms with van der Waals surface area (Å²) in [5, 5.41) is 5.99. The van der Waals surface area contributed by atoms with E-state index >= 15 is 0 Å². The molecule has 0 heterocycles. The minimum atomic E-state index is -0.765. The van der Waals surface area contributed by atoms with Crippen LogP contribution in [0.5, 0.6) is 0 Å². The number of carbonyl (C=O) groups excluding carboxylic acids is 4. The number of anilines is 1. The molecule has 4 amide bonds. The molecule has 0 aliphatic carbocycles. The van der Waals surface area contributed by atoms with Crippen LogP contribution in [0.2, 0.25) is 0 Å². The monoisotopic (exact) mass is 371 g/mol. The molecule has 0 radical (unpaired) electrons. The topological polar surface area (TPSA) is 114 Å². The van der Waals surface area contributed by atoms with Crippen molar-refractivity contribution in [3.05, 3.63) is 30.1 Å². The van der Waals surface area contributed by atoms with Crippen molar-refractivity contribution in [3.63, 3.8) is 0 Å². The van der Waals surface area contributed by atoms with Gasteiger partial charge in [0.25, 0.3) is 5.91 Å². The number of imide groups is 1. The fraction of sp³-hybridized carbons (Fsp3) is 0.333. The van der Waals surface area contributed by atoms with Crippen molar-refractivity contribution < 1.29 is 28.3 Å². The third kappa shape index (κ3) is 8.15. The highest BCUT2D eigenvalue weighted by molar-refractivity contribution is 8.01. The highest BCUT2D eigenvalue weighted by Crippen LogP contribution is 2.14. The van der Waals surface area contributed by atoms with Crippen molar-refractivity contribution in [1.29, 1.82) is 0 Å². The molecule has 10 heteroatoms. The van der Waals surface area contributed by atoms with Crippen molar-refractivity contribution in [2.45, 2.75) is 12.2 Å².